The van der Waals surface area contributed by atoms with Gasteiger partial charge in [-0.15, -0.1) is 0 Å². The van der Waals surface area contributed by atoms with Crippen LogP contribution in [0, 0.1) is 5.92 Å². The van der Waals surface area contributed by atoms with Crippen LogP contribution in [-0.2, 0) is 18.4 Å². The highest BCUT2D eigenvalue weighted by atomic mass is 16.5. The van der Waals surface area contributed by atoms with Crippen molar-refractivity contribution in [3.8, 4) is 5.88 Å². The summed E-state index contributed by atoms with van der Waals surface area (Å²) in [6.07, 6.45) is 0.802. The third-order valence-corrected chi connectivity index (χ3v) is 3.83. The number of ether oxygens (including phenoxy) is 1. The molecule has 0 bridgehead atoms. The van der Waals surface area contributed by atoms with Crippen molar-refractivity contribution in [2.24, 2.45) is 13.0 Å². The number of nitrogens with zero attached hydrogens (tertiary/aromatic N) is 3. The molecule has 1 heterocycles. The zero-order valence-corrected chi connectivity index (χ0v) is 15.8. The third kappa shape index (κ3) is 4.96. The number of likely N-dealkylation sites (N-methyl/N-ethyl adjacent to an activating group) is 1. The minimum absolute atomic E-state index is 0.104. The van der Waals surface area contributed by atoms with Crippen molar-refractivity contribution in [2.45, 2.75) is 52.6 Å². The lowest BCUT2D eigenvalue weighted by Crippen LogP contribution is -2.44. The summed E-state index contributed by atoms with van der Waals surface area (Å²) in [5.41, 5.74) is 2.04. The Kier molecular flexibility index (Phi) is 7.06. The van der Waals surface area contributed by atoms with E-state index in [1.54, 1.807) is 30.8 Å². The second kappa shape index (κ2) is 8.34. The number of hydrogen-bond acceptors (Lipinski definition) is 4. The minimum Gasteiger partial charge on any atom is -0.481 e. The molecule has 0 fully saturated rings. The maximum atomic E-state index is 12.4. The smallest absolute Gasteiger partial charge is 0.239 e. The molecule has 1 atom stereocenters. The van der Waals surface area contributed by atoms with Gasteiger partial charge in [0.15, 0.2) is 0 Å². The lowest BCUT2D eigenvalue weighted by molar-refractivity contribution is -0.131. The van der Waals surface area contributed by atoms with E-state index in [-0.39, 0.29) is 11.9 Å². The van der Waals surface area contributed by atoms with Gasteiger partial charge in [-0.1, -0.05) is 27.7 Å². The van der Waals surface area contributed by atoms with Crippen molar-refractivity contribution in [1.82, 2.24) is 20.0 Å². The highest BCUT2D eigenvalue weighted by Crippen LogP contribution is 2.27. The maximum Gasteiger partial charge on any atom is 0.239 e. The van der Waals surface area contributed by atoms with E-state index in [1.807, 2.05) is 7.05 Å². The number of aryl methyl sites for hydroxylation is 1. The van der Waals surface area contributed by atoms with Gasteiger partial charge in [-0.2, -0.15) is 5.10 Å². The fraction of sp³-hybridized carbons (Fsp3) is 0.765. The first-order valence-corrected chi connectivity index (χ1v) is 8.23. The van der Waals surface area contributed by atoms with E-state index in [4.69, 9.17) is 4.74 Å². The van der Waals surface area contributed by atoms with Gasteiger partial charge in [-0.3, -0.25) is 4.79 Å². The van der Waals surface area contributed by atoms with Crippen LogP contribution in [0.1, 0.15) is 51.3 Å². The zero-order chi connectivity index (χ0) is 17.7. The first-order valence-electron chi connectivity index (χ1n) is 8.23. The molecule has 1 N–H and O–H groups in total. The van der Waals surface area contributed by atoms with Crippen molar-refractivity contribution in [2.75, 3.05) is 21.2 Å². The molecule has 0 aromatic carbocycles. The molecule has 6 heteroatoms. The molecule has 1 rings (SSSR count). The quantitative estimate of drug-likeness (QED) is 0.796. The predicted octanol–water partition coefficient (Wildman–Crippen LogP) is 2.14. The van der Waals surface area contributed by atoms with Crippen molar-refractivity contribution in [3.63, 3.8) is 0 Å². The van der Waals surface area contributed by atoms with E-state index in [0.717, 1.165) is 23.6 Å². The minimum atomic E-state index is -0.199. The van der Waals surface area contributed by atoms with Gasteiger partial charge in [0.25, 0.3) is 0 Å². The molecule has 0 radical (unpaired) electrons. The average molecular weight is 324 g/mol. The van der Waals surface area contributed by atoms with E-state index < -0.39 is 0 Å². The Hall–Kier alpha value is -1.56. The Balaban J connectivity index is 2.99. The third-order valence-electron chi connectivity index (χ3n) is 3.83. The van der Waals surface area contributed by atoms with E-state index in [2.05, 4.69) is 38.1 Å². The highest BCUT2D eigenvalue weighted by molar-refractivity contribution is 5.81. The molecule has 6 nitrogen and oxygen atoms in total. The summed E-state index contributed by atoms with van der Waals surface area (Å²) in [6.45, 7) is 9.05. The van der Waals surface area contributed by atoms with Crippen LogP contribution in [-0.4, -0.2) is 47.8 Å². The zero-order valence-electron chi connectivity index (χ0n) is 15.8. The Labute approximate surface area is 140 Å². The number of carbonyl (C=O) groups is 1. The van der Waals surface area contributed by atoms with Crippen LogP contribution in [0.2, 0.25) is 0 Å². The normalized spacial score (nSPS) is 12.8. The van der Waals surface area contributed by atoms with Crippen LogP contribution in [0.4, 0.5) is 0 Å². The summed E-state index contributed by atoms with van der Waals surface area (Å²) < 4.78 is 7.25. The summed E-state index contributed by atoms with van der Waals surface area (Å²) >= 11 is 0. The number of carbonyl (C=O) groups excluding carboxylic acids is 1. The van der Waals surface area contributed by atoms with Crippen LogP contribution in [0.5, 0.6) is 5.88 Å². The standard InChI is InChI=1S/C17H32N4O2/c1-11(2)9-14(16(22)20(5)6)18-10-13-15(12(3)4)19-21(7)17(13)23-8/h11-12,14,18H,9-10H2,1-8H3. The van der Waals surface area contributed by atoms with Gasteiger partial charge in [-0.25, -0.2) is 4.68 Å². The summed E-state index contributed by atoms with van der Waals surface area (Å²) in [7, 11) is 7.12. The van der Waals surface area contributed by atoms with Crippen LogP contribution in [0.25, 0.3) is 0 Å². The van der Waals surface area contributed by atoms with Crippen LogP contribution in [0.15, 0.2) is 0 Å². The molecule has 23 heavy (non-hydrogen) atoms. The van der Waals surface area contributed by atoms with Gasteiger partial charge in [0.2, 0.25) is 11.8 Å². The molecule has 1 unspecified atom stereocenters. The van der Waals surface area contributed by atoms with E-state index in [0.29, 0.717) is 18.4 Å². The molecule has 0 saturated carbocycles. The molecule has 0 saturated heterocycles. The Morgan fingerprint density at radius 3 is 2.35 bits per heavy atom. The molecule has 1 amide bonds. The number of amides is 1. The molecule has 0 aliphatic heterocycles. The van der Waals surface area contributed by atoms with E-state index in [1.165, 1.54) is 0 Å². The Morgan fingerprint density at radius 2 is 1.91 bits per heavy atom. The second-order valence-corrected chi connectivity index (χ2v) is 6.95. The van der Waals surface area contributed by atoms with Crippen molar-refractivity contribution < 1.29 is 9.53 Å². The summed E-state index contributed by atoms with van der Waals surface area (Å²) in [5.74, 6) is 1.60. The monoisotopic (exact) mass is 324 g/mol. The van der Waals surface area contributed by atoms with Gasteiger partial charge in [0.05, 0.1) is 24.4 Å². The summed E-state index contributed by atoms with van der Waals surface area (Å²) in [6, 6.07) is -0.199. The van der Waals surface area contributed by atoms with Crippen LogP contribution < -0.4 is 10.1 Å². The van der Waals surface area contributed by atoms with Crippen molar-refractivity contribution >= 4 is 5.91 Å². The number of rotatable bonds is 8. The molecule has 132 valence electrons. The summed E-state index contributed by atoms with van der Waals surface area (Å²) in [4.78, 5) is 14.0. The first-order chi connectivity index (χ1) is 10.7. The first kappa shape index (κ1) is 19.5. The Bertz CT molecular complexity index is 521. The van der Waals surface area contributed by atoms with Crippen LogP contribution in [0.3, 0.4) is 0 Å². The molecule has 1 aromatic heterocycles. The molecule has 1 aromatic rings. The number of hydrogen-bond donors (Lipinski definition) is 1. The van der Waals surface area contributed by atoms with E-state index >= 15 is 0 Å². The lowest BCUT2D eigenvalue weighted by Gasteiger charge is -2.23. The average Bonchev–Trinajstić information content (AvgIpc) is 2.78. The molecule has 0 aliphatic carbocycles. The van der Waals surface area contributed by atoms with Gasteiger partial charge >= 0.3 is 0 Å². The van der Waals surface area contributed by atoms with Gasteiger partial charge in [-0.05, 0) is 18.3 Å². The molecular weight excluding hydrogens is 292 g/mol. The fourth-order valence-corrected chi connectivity index (χ4v) is 2.74. The van der Waals surface area contributed by atoms with Crippen molar-refractivity contribution in [3.05, 3.63) is 11.3 Å². The fourth-order valence-electron chi connectivity index (χ4n) is 2.74. The van der Waals surface area contributed by atoms with Crippen LogP contribution >= 0.6 is 0 Å². The second-order valence-electron chi connectivity index (χ2n) is 6.95. The van der Waals surface area contributed by atoms with Crippen molar-refractivity contribution in [1.29, 1.82) is 0 Å². The number of nitrogens with one attached hydrogen (secondary N) is 1. The predicted molar refractivity (Wildman–Crippen MR) is 92.6 cm³/mol. The SMILES string of the molecule is COc1c(CNC(CC(C)C)C(=O)N(C)C)c(C(C)C)nn1C. The van der Waals surface area contributed by atoms with E-state index in [9.17, 15) is 4.79 Å². The topological polar surface area (TPSA) is 59.4 Å². The molecule has 0 aliphatic rings. The highest BCUT2D eigenvalue weighted by Gasteiger charge is 2.24. The molecular formula is C17H32N4O2. The van der Waals surface area contributed by atoms with Gasteiger partial charge < -0.3 is 15.0 Å². The number of methoxy groups -OCH3 is 1. The summed E-state index contributed by atoms with van der Waals surface area (Å²) in [5, 5.41) is 7.96. The largest absolute Gasteiger partial charge is 0.481 e. The van der Waals surface area contributed by atoms with Gasteiger partial charge in [0, 0.05) is 27.7 Å². The maximum absolute atomic E-state index is 12.4. The van der Waals surface area contributed by atoms with Gasteiger partial charge in [0.1, 0.15) is 0 Å². The lowest BCUT2D eigenvalue weighted by atomic mass is 10.0. The Morgan fingerprint density at radius 1 is 1.30 bits per heavy atom. The molecule has 0 spiro atoms. The number of aromatic nitrogens is 2.